The van der Waals surface area contributed by atoms with Crippen LogP contribution in [0.2, 0.25) is 0 Å². The van der Waals surface area contributed by atoms with Crippen molar-refractivity contribution in [2.45, 2.75) is 51.3 Å². The number of ether oxygens (including phenoxy) is 1. The highest BCUT2D eigenvalue weighted by Crippen LogP contribution is 2.39. The predicted octanol–water partition coefficient (Wildman–Crippen LogP) is 6.46. The monoisotopic (exact) mass is 569 g/mol. The number of nitrogens with zero attached hydrogens (tertiary/aromatic N) is 2. The Morgan fingerprint density at radius 1 is 1.02 bits per heavy atom. The van der Waals surface area contributed by atoms with Crippen LogP contribution >= 0.6 is 11.3 Å². The zero-order valence-electron chi connectivity index (χ0n) is 22.7. The number of halogens is 1. The quantitative estimate of drug-likeness (QED) is 0.265. The van der Waals surface area contributed by atoms with E-state index in [0.29, 0.717) is 28.6 Å². The Bertz CT molecular complexity index is 1530. The highest BCUT2D eigenvalue weighted by Gasteiger charge is 2.36. The molecule has 2 amide bonds. The second kappa shape index (κ2) is 12.2. The average molecular weight is 570 g/mol. The zero-order valence-corrected chi connectivity index (χ0v) is 23.5. The number of thiazole rings is 1. The normalized spacial score (nSPS) is 16.8. The lowest BCUT2D eigenvalue weighted by Gasteiger charge is -2.39. The van der Waals surface area contributed by atoms with Crippen LogP contribution in [0.15, 0.2) is 78.2 Å². The van der Waals surface area contributed by atoms with E-state index in [0.717, 1.165) is 43.2 Å². The number of rotatable bonds is 8. The van der Waals surface area contributed by atoms with E-state index in [1.54, 1.807) is 17.5 Å². The molecule has 1 N–H and O–H groups in total. The molecule has 1 saturated carbocycles. The lowest BCUT2D eigenvalue weighted by Crippen LogP contribution is -2.43. The van der Waals surface area contributed by atoms with Crippen molar-refractivity contribution in [3.8, 4) is 5.75 Å². The van der Waals surface area contributed by atoms with Crippen LogP contribution in [0, 0.1) is 11.7 Å². The Labute approximate surface area is 243 Å². The molecule has 0 bridgehead atoms. The summed E-state index contributed by atoms with van der Waals surface area (Å²) < 4.78 is 19.6. The minimum absolute atomic E-state index is 0.118. The van der Waals surface area contributed by atoms with Gasteiger partial charge >= 0.3 is 0 Å². The third-order valence-electron chi connectivity index (χ3n) is 7.94. The van der Waals surface area contributed by atoms with Crippen molar-refractivity contribution in [3.63, 3.8) is 0 Å². The van der Waals surface area contributed by atoms with E-state index in [9.17, 15) is 14.0 Å². The first-order chi connectivity index (χ1) is 20.0. The average Bonchev–Trinajstić information content (AvgIpc) is 3.71. The maximum Gasteiger partial charge on any atom is 0.271 e. The molecule has 1 aliphatic carbocycles. The molecule has 2 heterocycles. The first-order valence-corrected chi connectivity index (χ1v) is 15.0. The lowest BCUT2D eigenvalue weighted by molar-refractivity contribution is -0.137. The predicted molar refractivity (Wildman–Crippen MR) is 156 cm³/mol. The number of amides is 2. The molecule has 1 fully saturated rings. The molecule has 0 spiro atoms. The van der Waals surface area contributed by atoms with Crippen LogP contribution in [0.25, 0.3) is 0 Å². The smallest absolute Gasteiger partial charge is 0.271 e. The summed E-state index contributed by atoms with van der Waals surface area (Å²) >= 11 is 1.36. The summed E-state index contributed by atoms with van der Waals surface area (Å²) in [5.74, 6) is 0.428. The Morgan fingerprint density at radius 3 is 2.66 bits per heavy atom. The maximum absolute atomic E-state index is 13.6. The fraction of sp³-hybridized carbons (Fsp3) is 0.303. The van der Waals surface area contributed by atoms with Gasteiger partial charge in [0.05, 0.1) is 6.04 Å². The number of carbonyl (C=O) groups excluding carboxylic acids is 2. The summed E-state index contributed by atoms with van der Waals surface area (Å²) in [6.45, 7) is 1.16. The summed E-state index contributed by atoms with van der Waals surface area (Å²) in [7, 11) is 0. The molecule has 0 unspecified atom stereocenters. The Kier molecular flexibility index (Phi) is 8.09. The standard InChI is InChI=1S/C33H32FN3O3S/c34-26-12-6-7-22(17-26)19-35-32(38)29-21-41-30(36-29)20-40-27-14-13-23-15-16-37(33(39)25-10-4-5-11-25)31(28(23)18-27)24-8-2-1-3-9-24/h1-3,6-9,12-14,17-18,21,25,31H,4-5,10-11,15-16,19-20H2,(H,35,38)/t31-/m1/s1. The van der Waals surface area contributed by atoms with Crippen LogP contribution in [0.5, 0.6) is 5.75 Å². The molecule has 210 valence electrons. The maximum atomic E-state index is 13.6. The summed E-state index contributed by atoms with van der Waals surface area (Å²) in [6.07, 6.45) is 5.03. The summed E-state index contributed by atoms with van der Waals surface area (Å²) in [5, 5.41) is 5.16. The van der Waals surface area contributed by atoms with Gasteiger partial charge in [0.1, 0.15) is 28.9 Å². The van der Waals surface area contributed by atoms with E-state index >= 15 is 0 Å². The van der Waals surface area contributed by atoms with Crippen LogP contribution < -0.4 is 10.1 Å². The Morgan fingerprint density at radius 2 is 1.85 bits per heavy atom. The molecule has 41 heavy (non-hydrogen) atoms. The van der Waals surface area contributed by atoms with Gasteiger partial charge in [-0.1, -0.05) is 61.4 Å². The molecule has 2 aliphatic rings. The summed E-state index contributed by atoms with van der Waals surface area (Å²) in [6, 6.07) is 22.4. The van der Waals surface area contributed by atoms with E-state index in [2.05, 4.69) is 39.5 Å². The molecule has 4 aromatic rings. The Hall–Kier alpha value is -4.04. The summed E-state index contributed by atoms with van der Waals surface area (Å²) in [4.78, 5) is 32.7. The number of aromatic nitrogens is 1. The van der Waals surface area contributed by atoms with Crippen molar-refractivity contribution < 1.29 is 18.7 Å². The van der Waals surface area contributed by atoms with Gasteiger partial charge in [0.15, 0.2) is 0 Å². The van der Waals surface area contributed by atoms with Gasteiger partial charge in [-0.15, -0.1) is 11.3 Å². The van der Waals surface area contributed by atoms with Crippen molar-refractivity contribution in [2.24, 2.45) is 5.92 Å². The van der Waals surface area contributed by atoms with Crippen LogP contribution in [-0.4, -0.2) is 28.2 Å². The van der Waals surface area contributed by atoms with Gasteiger partial charge in [-0.25, -0.2) is 9.37 Å². The van der Waals surface area contributed by atoms with E-state index < -0.39 is 0 Å². The molecule has 1 aliphatic heterocycles. The van der Waals surface area contributed by atoms with Gasteiger partial charge in [0.25, 0.3) is 5.91 Å². The van der Waals surface area contributed by atoms with Gasteiger partial charge in [0, 0.05) is 24.4 Å². The SMILES string of the molecule is O=C(NCc1cccc(F)c1)c1csc(COc2ccc3c(c2)[C@@H](c2ccccc2)N(C(=O)C2CCCC2)CC3)n1. The number of benzene rings is 3. The van der Waals surface area contributed by atoms with Crippen molar-refractivity contribution in [1.82, 2.24) is 15.2 Å². The highest BCUT2D eigenvalue weighted by atomic mass is 32.1. The van der Waals surface area contributed by atoms with Crippen molar-refractivity contribution >= 4 is 23.2 Å². The number of hydrogen-bond donors (Lipinski definition) is 1. The zero-order chi connectivity index (χ0) is 28.2. The first-order valence-electron chi connectivity index (χ1n) is 14.1. The van der Waals surface area contributed by atoms with E-state index in [-0.39, 0.29) is 42.7 Å². The number of hydrogen-bond acceptors (Lipinski definition) is 5. The largest absolute Gasteiger partial charge is 0.486 e. The van der Waals surface area contributed by atoms with E-state index in [1.165, 1.54) is 29.0 Å². The number of fused-ring (bicyclic) bond motifs is 1. The Balaban J connectivity index is 1.15. The number of carbonyl (C=O) groups is 2. The molecule has 8 heteroatoms. The second-order valence-corrected chi connectivity index (χ2v) is 11.6. The van der Waals surface area contributed by atoms with E-state index in [1.807, 2.05) is 24.3 Å². The van der Waals surface area contributed by atoms with Gasteiger partial charge < -0.3 is 15.0 Å². The molecular weight excluding hydrogens is 537 g/mol. The number of nitrogens with one attached hydrogen (secondary N) is 1. The molecular formula is C33H32FN3O3S. The van der Waals surface area contributed by atoms with Crippen LogP contribution in [0.4, 0.5) is 4.39 Å². The van der Waals surface area contributed by atoms with Gasteiger partial charge in [-0.2, -0.15) is 0 Å². The van der Waals surface area contributed by atoms with Gasteiger partial charge in [-0.3, -0.25) is 9.59 Å². The molecule has 0 saturated heterocycles. The molecule has 1 aromatic heterocycles. The molecule has 6 nitrogen and oxygen atoms in total. The van der Waals surface area contributed by atoms with Crippen molar-refractivity contribution in [2.75, 3.05) is 6.54 Å². The molecule has 3 aromatic carbocycles. The van der Waals surface area contributed by atoms with Crippen molar-refractivity contribution in [1.29, 1.82) is 0 Å². The lowest BCUT2D eigenvalue weighted by atomic mass is 9.87. The second-order valence-electron chi connectivity index (χ2n) is 10.7. The van der Waals surface area contributed by atoms with Crippen LogP contribution in [0.3, 0.4) is 0 Å². The minimum Gasteiger partial charge on any atom is -0.486 e. The topological polar surface area (TPSA) is 71.5 Å². The van der Waals surface area contributed by atoms with Crippen LogP contribution in [-0.2, 0) is 24.4 Å². The minimum atomic E-state index is -0.338. The fourth-order valence-electron chi connectivity index (χ4n) is 5.87. The third-order valence-corrected chi connectivity index (χ3v) is 8.76. The molecule has 0 radical (unpaired) electrons. The van der Waals surface area contributed by atoms with Gasteiger partial charge in [0.2, 0.25) is 5.91 Å². The third kappa shape index (κ3) is 6.17. The van der Waals surface area contributed by atoms with Crippen molar-refractivity contribution in [3.05, 3.63) is 117 Å². The summed E-state index contributed by atoms with van der Waals surface area (Å²) in [5.41, 5.74) is 4.42. The molecule has 6 rings (SSSR count). The van der Waals surface area contributed by atoms with Gasteiger partial charge in [-0.05, 0) is 65.8 Å². The first kappa shape index (κ1) is 27.1. The highest BCUT2D eigenvalue weighted by molar-refractivity contribution is 7.09. The van der Waals surface area contributed by atoms with Crippen LogP contribution in [0.1, 0.15) is 69.5 Å². The van der Waals surface area contributed by atoms with E-state index in [4.69, 9.17) is 4.74 Å². The fourth-order valence-corrected chi connectivity index (χ4v) is 6.55. The molecule has 1 atom stereocenters.